The summed E-state index contributed by atoms with van der Waals surface area (Å²) in [5, 5.41) is 15.1. The highest BCUT2D eigenvalue weighted by Gasteiger charge is 2.28. The van der Waals surface area contributed by atoms with Crippen LogP contribution in [-0.4, -0.2) is 13.8 Å². The Morgan fingerprint density at radius 1 is 0.377 bits per heavy atom. The second-order valence-electron chi connectivity index (χ2n) is 14.3. The molecule has 13 aromatic rings. The quantitative estimate of drug-likeness (QED) is 0.187. The Bertz CT molecular complexity index is 3580. The number of anilines is 3. The van der Waals surface area contributed by atoms with Crippen LogP contribution in [0.4, 0.5) is 17.1 Å². The van der Waals surface area contributed by atoms with Crippen molar-refractivity contribution in [2.45, 2.75) is 0 Å². The van der Waals surface area contributed by atoms with E-state index in [4.69, 9.17) is 4.98 Å². The molecule has 5 aromatic heterocycles. The molecule has 4 nitrogen and oxygen atoms in total. The van der Waals surface area contributed by atoms with E-state index in [-0.39, 0.29) is 0 Å². The van der Waals surface area contributed by atoms with Gasteiger partial charge in [-0.25, -0.2) is 4.98 Å². The molecule has 244 valence electrons. The normalized spacial score (nSPS) is 12.5. The number of fused-ring (bicyclic) bond motifs is 17. The van der Waals surface area contributed by atoms with Crippen LogP contribution < -0.4 is 4.90 Å². The molecule has 0 amide bonds. The fraction of sp³-hybridized carbons (Fsp3) is 0. The number of rotatable bonds is 3. The molecule has 53 heavy (non-hydrogen) atoms. The second-order valence-corrected chi connectivity index (χ2v) is 14.3. The average Bonchev–Trinajstić information content (AvgIpc) is 3.95. The van der Waals surface area contributed by atoms with Crippen LogP contribution in [0.15, 0.2) is 170 Å². The van der Waals surface area contributed by atoms with Gasteiger partial charge in [0.1, 0.15) is 5.65 Å². The summed E-state index contributed by atoms with van der Waals surface area (Å²) in [5.74, 6) is 0. The van der Waals surface area contributed by atoms with Gasteiger partial charge in [0.25, 0.3) is 0 Å². The molecule has 0 saturated carbocycles. The maximum absolute atomic E-state index is 5.43. The fourth-order valence-corrected chi connectivity index (χ4v) is 9.72. The highest BCUT2D eigenvalue weighted by Crippen LogP contribution is 2.51. The number of pyridine rings is 1. The van der Waals surface area contributed by atoms with Gasteiger partial charge in [-0.2, -0.15) is 0 Å². The van der Waals surface area contributed by atoms with Gasteiger partial charge < -0.3 is 9.30 Å². The van der Waals surface area contributed by atoms with Gasteiger partial charge in [0, 0.05) is 54.5 Å². The molecule has 4 heteroatoms. The molecule has 0 spiro atoms. The smallest absolute Gasteiger partial charge is 0.146 e. The molecule has 5 heterocycles. The number of nitrogens with zero attached hydrogens (tertiary/aromatic N) is 4. The molecule has 8 aromatic carbocycles. The molecule has 0 unspecified atom stereocenters. The van der Waals surface area contributed by atoms with Crippen LogP contribution in [-0.2, 0) is 0 Å². The summed E-state index contributed by atoms with van der Waals surface area (Å²) >= 11 is 0. The SMILES string of the molecule is c1ccc(N(c2ccccc2)c2cccc3c4cc5ccccc5c5c6c7c8cccc9c%10c%11ccccc%11ccc%10n(c7ncc6n(c23)c45)c98)cc1. The predicted molar refractivity (Wildman–Crippen MR) is 223 cm³/mol. The van der Waals surface area contributed by atoms with Gasteiger partial charge in [0.15, 0.2) is 0 Å². The Balaban J connectivity index is 1.27. The first kappa shape index (κ1) is 27.5. The molecule has 0 bridgehead atoms. The first-order valence-electron chi connectivity index (χ1n) is 18.2. The molecule has 0 radical (unpaired) electrons. The summed E-state index contributed by atoms with van der Waals surface area (Å²) in [6, 6.07) is 59.6. The molecule has 0 saturated heterocycles. The van der Waals surface area contributed by atoms with Gasteiger partial charge in [0.2, 0.25) is 0 Å². The number of hydrogen-bond donors (Lipinski definition) is 0. The standard InChI is InChI=1S/C49H28N4/c1-3-15-31(16-4-1)51(32-17-5-2-6-18-32)40-24-12-21-35-38-27-30-14-8-10-20-34(30)43-45-41(52(47(35)40)48(38)43)28-50-49-44(45)37-23-11-22-36-42-33-19-9-7-13-29(33)25-26-39(42)53(49)46(36)37/h1-28H. The Hall–Kier alpha value is -7.17. The van der Waals surface area contributed by atoms with Gasteiger partial charge >= 0.3 is 0 Å². The van der Waals surface area contributed by atoms with Crippen molar-refractivity contribution >= 4 is 115 Å². The van der Waals surface area contributed by atoms with Crippen molar-refractivity contribution < 1.29 is 0 Å². The molecule has 0 aliphatic rings. The van der Waals surface area contributed by atoms with Crippen molar-refractivity contribution in [3.63, 3.8) is 0 Å². The lowest BCUT2D eigenvalue weighted by Crippen LogP contribution is -2.10. The molecule has 0 atom stereocenters. The van der Waals surface area contributed by atoms with Crippen LogP contribution in [0, 0.1) is 0 Å². The predicted octanol–water partition coefficient (Wildman–Crippen LogP) is 13.2. The van der Waals surface area contributed by atoms with Crippen LogP contribution in [0.2, 0.25) is 0 Å². The lowest BCUT2D eigenvalue weighted by atomic mass is 9.98. The number of aromatic nitrogens is 3. The third-order valence-electron chi connectivity index (χ3n) is 11.7. The summed E-state index contributed by atoms with van der Waals surface area (Å²) < 4.78 is 4.94. The lowest BCUT2D eigenvalue weighted by molar-refractivity contribution is 1.25. The fourth-order valence-electron chi connectivity index (χ4n) is 9.72. The number of para-hydroxylation sites is 4. The van der Waals surface area contributed by atoms with Gasteiger partial charge in [-0.05, 0) is 64.0 Å². The third-order valence-corrected chi connectivity index (χ3v) is 11.7. The van der Waals surface area contributed by atoms with E-state index in [1.54, 1.807) is 0 Å². The van der Waals surface area contributed by atoms with Crippen molar-refractivity contribution in [3.05, 3.63) is 170 Å². The second kappa shape index (κ2) is 9.78. The highest BCUT2D eigenvalue weighted by molar-refractivity contribution is 6.40. The van der Waals surface area contributed by atoms with Crippen LogP contribution >= 0.6 is 0 Å². The zero-order valence-electron chi connectivity index (χ0n) is 28.5. The molecule has 0 N–H and O–H groups in total. The van der Waals surface area contributed by atoms with E-state index in [1.165, 1.54) is 86.7 Å². The summed E-state index contributed by atoms with van der Waals surface area (Å²) in [4.78, 5) is 7.82. The largest absolute Gasteiger partial charge is 0.308 e. The Morgan fingerprint density at radius 3 is 1.77 bits per heavy atom. The molecule has 0 aliphatic carbocycles. The van der Waals surface area contributed by atoms with E-state index in [0.717, 1.165) is 28.2 Å². The Morgan fingerprint density at radius 2 is 1.00 bits per heavy atom. The minimum absolute atomic E-state index is 1.01. The summed E-state index contributed by atoms with van der Waals surface area (Å²) in [6.07, 6.45) is 2.14. The molecule has 0 fully saturated rings. The van der Waals surface area contributed by atoms with E-state index >= 15 is 0 Å². The highest BCUT2D eigenvalue weighted by atomic mass is 15.2. The number of hydrogen-bond acceptors (Lipinski definition) is 2. The first-order valence-corrected chi connectivity index (χ1v) is 18.2. The monoisotopic (exact) mass is 672 g/mol. The maximum atomic E-state index is 5.43. The summed E-state index contributed by atoms with van der Waals surface area (Å²) in [7, 11) is 0. The molecule has 0 aliphatic heterocycles. The van der Waals surface area contributed by atoms with Crippen molar-refractivity contribution in [3.8, 4) is 0 Å². The number of benzene rings is 8. The van der Waals surface area contributed by atoms with Crippen LogP contribution in [0.5, 0.6) is 0 Å². The topological polar surface area (TPSA) is 24.9 Å². The Labute approximate surface area is 302 Å². The minimum atomic E-state index is 1.01. The van der Waals surface area contributed by atoms with Crippen molar-refractivity contribution in [2.75, 3.05) is 4.90 Å². The summed E-state index contributed by atoms with van der Waals surface area (Å²) in [5.41, 5.74) is 10.4. The van der Waals surface area contributed by atoms with Crippen molar-refractivity contribution in [1.29, 1.82) is 0 Å². The van der Waals surface area contributed by atoms with Crippen molar-refractivity contribution in [2.24, 2.45) is 0 Å². The maximum Gasteiger partial charge on any atom is 0.146 e. The first-order chi connectivity index (χ1) is 26.3. The molecule has 13 rings (SSSR count). The van der Waals surface area contributed by atoms with E-state index < -0.39 is 0 Å². The van der Waals surface area contributed by atoms with Gasteiger partial charge in [-0.1, -0.05) is 121 Å². The van der Waals surface area contributed by atoms with E-state index in [1.807, 2.05) is 0 Å². The zero-order valence-corrected chi connectivity index (χ0v) is 28.5. The molecular formula is C49H28N4. The molecular weight excluding hydrogens is 645 g/mol. The minimum Gasteiger partial charge on any atom is -0.308 e. The Kier molecular flexibility index (Phi) is 5.08. The average molecular weight is 673 g/mol. The van der Waals surface area contributed by atoms with Crippen LogP contribution in [0.25, 0.3) is 97.9 Å². The van der Waals surface area contributed by atoms with E-state index in [9.17, 15) is 0 Å². The summed E-state index contributed by atoms with van der Waals surface area (Å²) in [6.45, 7) is 0. The van der Waals surface area contributed by atoms with Crippen molar-refractivity contribution in [1.82, 2.24) is 13.8 Å². The van der Waals surface area contributed by atoms with Gasteiger partial charge in [-0.3, -0.25) is 4.40 Å². The zero-order chi connectivity index (χ0) is 34.4. The third kappa shape index (κ3) is 3.34. The lowest BCUT2D eigenvalue weighted by Gasteiger charge is -2.26. The van der Waals surface area contributed by atoms with E-state index in [2.05, 4.69) is 184 Å². The van der Waals surface area contributed by atoms with Crippen LogP contribution in [0.1, 0.15) is 0 Å². The van der Waals surface area contributed by atoms with Crippen LogP contribution in [0.3, 0.4) is 0 Å². The van der Waals surface area contributed by atoms with E-state index in [0.29, 0.717) is 0 Å². The van der Waals surface area contributed by atoms with Gasteiger partial charge in [-0.15, -0.1) is 0 Å². The van der Waals surface area contributed by atoms with Gasteiger partial charge in [0.05, 0.1) is 39.5 Å².